The zero-order valence-corrected chi connectivity index (χ0v) is 19.1. The molecule has 0 aliphatic carbocycles. The third-order valence-electron chi connectivity index (χ3n) is 4.66. The highest BCUT2D eigenvalue weighted by Gasteiger charge is 2.36. The van der Waals surface area contributed by atoms with Crippen molar-refractivity contribution in [2.45, 2.75) is 33.2 Å². The van der Waals surface area contributed by atoms with Gasteiger partial charge in [0.15, 0.2) is 0 Å². The molecule has 0 amide bonds. The van der Waals surface area contributed by atoms with Crippen molar-refractivity contribution >= 4 is 24.6 Å². The first-order valence-electron chi connectivity index (χ1n) is 10.3. The first-order valence-corrected chi connectivity index (χ1v) is 11.8. The summed E-state index contributed by atoms with van der Waals surface area (Å²) in [5.41, 5.74) is 1.85. The van der Waals surface area contributed by atoms with E-state index in [0.717, 1.165) is 11.1 Å². The topological polar surface area (TPSA) is 117 Å². The molecule has 9 nitrogen and oxygen atoms in total. The van der Waals surface area contributed by atoms with E-state index in [1.165, 1.54) is 12.1 Å². The van der Waals surface area contributed by atoms with Gasteiger partial charge in [-0.2, -0.15) is 0 Å². The predicted molar refractivity (Wildman–Crippen MR) is 121 cm³/mol. The van der Waals surface area contributed by atoms with Crippen molar-refractivity contribution in [2.75, 3.05) is 18.5 Å². The molecular weight excluding hydrogens is 433 g/mol. The number of non-ortho nitro benzene ring substituents is 1. The average Bonchev–Trinajstić information content (AvgIpc) is 3.18. The van der Waals surface area contributed by atoms with Gasteiger partial charge in [0.2, 0.25) is 17.2 Å². The lowest BCUT2D eigenvalue weighted by Crippen LogP contribution is -2.18. The van der Waals surface area contributed by atoms with Gasteiger partial charge in [-0.15, -0.1) is 0 Å². The van der Waals surface area contributed by atoms with Crippen LogP contribution in [0.3, 0.4) is 0 Å². The maximum atomic E-state index is 13.5. The Morgan fingerprint density at radius 1 is 1.09 bits per heavy atom. The number of hydrogen-bond donors (Lipinski definition) is 1. The number of nitro benzene ring substituents is 1. The highest BCUT2D eigenvalue weighted by molar-refractivity contribution is 7.62. The summed E-state index contributed by atoms with van der Waals surface area (Å²) in [7, 11) is -3.72. The van der Waals surface area contributed by atoms with Crippen LogP contribution in [0.5, 0.6) is 0 Å². The molecular formula is C22H26N3O6P. The largest absolute Gasteiger partial charge is 0.424 e. The molecule has 0 fully saturated rings. The van der Waals surface area contributed by atoms with Crippen LogP contribution in [0.1, 0.15) is 43.8 Å². The first-order chi connectivity index (χ1) is 15.4. The fourth-order valence-electron chi connectivity index (χ4n) is 3.14. The second-order valence-corrected chi connectivity index (χ2v) is 8.91. The van der Waals surface area contributed by atoms with Gasteiger partial charge >= 0.3 is 7.60 Å². The third kappa shape index (κ3) is 5.62. The van der Waals surface area contributed by atoms with Crippen molar-refractivity contribution in [1.82, 2.24) is 4.98 Å². The van der Waals surface area contributed by atoms with Gasteiger partial charge in [0, 0.05) is 18.6 Å². The van der Waals surface area contributed by atoms with Crippen molar-refractivity contribution in [1.29, 1.82) is 0 Å². The van der Waals surface area contributed by atoms with E-state index in [9.17, 15) is 14.7 Å². The quantitative estimate of drug-likeness (QED) is 0.235. The van der Waals surface area contributed by atoms with Crippen molar-refractivity contribution < 1.29 is 23.0 Å². The molecule has 32 heavy (non-hydrogen) atoms. The molecule has 170 valence electrons. The van der Waals surface area contributed by atoms with E-state index in [4.69, 9.17) is 13.5 Å². The van der Waals surface area contributed by atoms with E-state index in [-0.39, 0.29) is 48.6 Å². The SMILES string of the molecule is CCOP(=O)(OCC)c1nc(Cc2ccc([N+](=O)[O-])cc2)oc1NC(C)c1ccccc1. The Kier molecular flexibility index (Phi) is 7.80. The smallest absolute Gasteiger partial charge is 0.385 e. The second kappa shape index (κ2) is 10.5. The summed E-state index contributed by atoms with van der Waals surface area (Å²) >= 11 is 0. The lowest BCUT2D eigenvalue weighted by Gasteiger charge is -2.18. The number of aromatic nitrogens is 1. The normalized spacial score (nSPS) is 12.5. The summed E-state index contributed by atoms with van der Waals surface area (Å²) in [6.45, 7) is 5.75. The first kappa shape index (κ1) is 23.7. The Labute approximate surface area is 186 Å². The molecule has 0 aliphatic heterocycles. The lowest BCUT2D eigenvalue weighted by atomic mass is 10.1. The number of rotatable bonds is 11. The number of oxazole rings is 1. The molecule has 0 saturated carbocycles. The second-order valence-electron chi connectivity index (χ2n) is 6.97. The number of hydrogen-bond acceptors (Lipinski definition) is 8. The van der Waals surface area contributed by atoms with Gasteiger partial charge in [0.1, 0.15) is 0 Å². The number of nitro groups is 1. The average molecular weight is 459 g/mol. The molecule has 0 spiro atoms. The third-order valence-corrected chi connectivity index (χ3v) is 6.68. The van der Waals surface area contributed by atoms with Crippen molar-refractivity contribution in [3.8, 4) is 0 Å². The van der Waals surface area contributed by atoms with Crippen molar-refractivity contribution in [3.63, 3.8) is 0 Å². The highest BCUT2D eigenvalue weighted by atomic mass is 31.2. The van der Waals surface area contributed by atoms with Crippen molar-refractivity contribution in [2.24, 2.45) is 0 Å². The molecule has 0 aliphatic rings. The minimum atomic E-state index is -3.72. The summed E-state index contributed by atoms with van der Waals surface area (Å²) in [5, 5.41) is 14.1. The van der Waals surface area contributed by atoms with Gasteiger partial charge in [-0.25, -0.2) is 4.98 Å². The van der Waals surface area contributed by atoms with Gasteiger partial charge in [0.25, 0.3) is 5.69 Å². The molecule has 3 aromatic rings. The van der Waals surface area contributed by atoms with E-state index in [1.807, 2.05) is 37.3 Å². The number of nitrogens with zero attached hydrogens (tertiary/aromatic N) is 2. The van der Waals surface area contributed by atoms with Crippen LogP contribution in [0.15, 0.2) is 59.0 Å². The van der Waals surface area contributed by atoms with Crippen LogP contribution in [-0.4, -0.2) is 23.1 Å². The Bertz CT molecular complexity index is 1070. The fraction of sp³-hybridized carbons (Fsp3) is 0.318. The highest BCUT2D eigenvalue weighted by Crippen LogP contribution is 2.49. The van der Waals surface area contributed by atoms with Gasteiger partial charge in [0.05, 0.1) is 24.2 Å². The van der Waals surface area contributed by atoms with E-state index in [0.29, 0.717) is 0 Å². The molecule has 1 unspecified atom stereocenters. The molecule has 0 bridgehead atoms. The molecule has 0 radical (unpaired) electrons. The standard InChI is InChI=1S/C22H26N3O6P/c1-4-29-32(28,30-5-2)22-21(23-16(3)18-9-7-6-8-10-18)31-20(24-22)15-17-11-13-19(14-12-17)25(26)27/h6-14,16,23H,4-5,15H2,1-3H3. The van der Waals surface area contributed by atoms with E-state index in [1.54, 1.807) is 26.0 Å². The van der Waals surface area contributed by atoms with Crippen LogP contribution in [-0.2, 0) is 20.0 Å². The maximum absolute atomic E-state index is 13.5. The summed E-state index contributed by atoms with van der Waals surface area (Å²) in [6.07, 6.45) is 0.255. The molecule has 10 heteroatoms. The lowest BCUT2D eigenvalue weighted by molar-refractivity contribution is -0.384. The van der Waals surface area contributed by atoms with Gasteiger partial charge in [-0.1, -0.05) is 42.5 Å². The Morgan fingerprint density at radius 3 is 2.28 bits per heavy atom. The van der Waals surface area contributed by atoms with Gasteiger partial charge < -0.3 is 18.8 Å². The minimum Gasteiger partial charge on any atom is -0.424 e. The summed E-state index contributed by atoms with van der Waals surface area (Å²) in [6, 6.07) is 15.7. The van der Waals surface area contributed by atoms with Crippen LogP contribution in [0.2, 0.25) is 0 Å². The van der Waals surface area contributed by atoms with Gasteiger partial charge in [-0.3, -0.25) is 14.7 Å². The molecule has 1 heterocycles. The Hall–Kier alpha value is -3.00. The van der Waals surface area contributed by atoms with E-state index >= 15 is 0 Å². The molecule has 1 aromatic heterocycles. The minimum absolute atomic E-state index is 0.00178. The van der Waals surface area contributed by atoms with Gasteiger partial charge in [-0.05, 0) is 31.9 Å². The summed E-state index contributed by atoms with van der Waals surface area (Å²) < 4.78 is 30.4. The summed E-state index contributed by atoms with van der Waals surface area (Å²) in [4.78, 5) is 14.9. The number of nitrogens with one attached hydrogen (secondary N) is 1. The molecule has 2 aromatic carbocycles. The van der Waals surface area contributed by atoms with E-state index < -0.39 is 12.5 Å². The molecule has 1 N–H and O–H groups in total. The van der Waals surface area contributed by atoms with Crippen molar-refractivity contribution in [3.05, 3.63) is 81.7 Å². The Morgan fingerprint density at radius 2 is 1.72 bits per heavy atom. The maximum Gasteiger partial charge on any atom is 0.385 e. The van der Waals surface area contributed by atoms with E-state index in [2.05, 4.69) is 10.3 Å². The fourth-order valence-corrected chi connectivity index (χ4v) is 4.73. The number of anilines is 1. The van der Waals surface area contributed by atoms with Crippen LogP contribution in [0, 0.1) is 10.1 Å². The Balaban J connectivity index is 1.94. The zero-order valence-electron chi connectivity index (χ0n) is 18.2. The van der Waals surface area contributed by atoms with Crippen LogP contribution < -0.4 is 10.8 Å². The van der Waals surface area contributed by atoms with Crippen LogP contribution in [0.25, 0.3) is 0 Å². The summed E-state index contributed by atoms with van der Waals surface area (Å²) in [5.74, 6) is 0.500. The monoisotopic (exact) mass is 459 g/mol. The van der Waals surface area contributed by atoms with Crippen LogP contribution in [0.4, 0.5) is 11.6 Å². The zero-order chi connectivity index (χ0) is 23.1. The van der Waals surface area contributed by atoms with Crippen LogP contribution >= 0.6 is 7.60 Å². The number of benzene rings is 2. The molecule has 1 atom stereocenters. The molecule has 0 saturated heterocycles. The predicted octanol–water partition coefficient (Wildman–Crippen LogP) is 5.24. The molecule has 3 rings (SSSR count).